The standard InChI is InChI=1S/C19H22N6O/c1-19(2,3)16(12-25-8-7-21-13-25)24-18(26)15-10-22-17(23-11-15)14-5-4-6-20-9-14/h4-11,13,16H,12H2,1-3H3,(H,24,26)/t16-/m1/s1. The Kier molecular flexibility index (Phi) is 5.06. The van der Waals surface area contributed by atoms with Crippen molar-refractivity contribution >= 4 is 5.91 Å². The zero-order valence-corrected chi connectivity index (χ0v) is 15.1. The van der Waals surface area contributed by atoms with Gasteiger partial charge in [0, 0.05) is 49.3 Å². The van der Waals surface area contributed by atoms with E-state index in [1.807, 2.05) is 22.9 Å². The molecule has 134 valence electrons. The van der Waals surface area contributed by atoms with E-state index in [1.165, 1.54) is 0 Å². The molecule has 0 saturated carbocycles. The van der Waals surface area contributed by atoms with Gasteiger partial charge in [-0.25, -0.2) is 15.0 Å². The highest BCUT2D eigenvalue weighted by Gasteiger charge is 2.27. The minimum atomic E-state index is -0.192. The molecule has 0 aliphatic heterocycles. The average molecular weight is 350 g/mol. The second-order valence-electron chi connectivity index (χ2n) is 7.19. The quantitative estimate of drug-likeness (QED) is 0.764. The molecule has 7 nitrogen and oxygen atoms in total. The maximum atomic E-state index is 12.6. The van der Waals surface area contributed by atoms with Crippen LogP contribution in [0, 0.1) is 5.41 Å². The Morgan fingerprint density at radius 1 is 1.15 bits per heavy atom. The van der Waals surface area contributed by atoms with Crippen LogP contribution >= 0.6 is 0 Å². The number of amides is 1. The van der Waals surface area contributed by atoms with Gasteiger partial charge in [0.05, 0.1) is 17.9 Å². The van der Waals surface area contributed by atoms with Crippen LogP contribution in [0.5, 0.6) is 0 Å². The van der Waals surface area contributed by atoms with E-state index in [0.717, 1.165) is 5.56 Å². The van der Waals surface area contributed by atoms with Crippen LogP contribution in [-0.2, 0) is 6.54 Å². The number of aromatic nitrogens is 5. The molecule has 0 unspecified atom stereocenters. The summed E-state index contributed by atoms with van der Waals surface area (Å²) in [5, 5.41) is 3.09. The Labute approximate surface area is 152 Å². The highest BCUT2D eigenvalue weighted by molar-refractivity contribution is 5.93. The van der Waals surface area contributed by atoms with Crippen LogP contribution in [0.4, 0.5) is 0 Å². The van der Waals surface area contributed by atoms with Crippen molar-refractivity contribution in [3.8, 4) is 11.4 Å². The fourth-order valence-corrected chi connectivity index (χ4v) is 2.47. The molecule has 3 aromatic heterocycles. The molecule has 0 fully saturated rings. The molecule has 1 N–H and O–H groups in total. The number of hydrogen-bond acceptors (Lipinski definition) is 5. The monoisotopic (exact) mass is 350 g/mol. The van der Waals surface area contributed by atoms with Crippen molar-refractivity contribution in [2.45, 2.75) is 33.4 Å². The second kappa shape index (κ2) is 7.43. The summed E-state index contributed by atoms with van der Waals surface area (Å²) < 4.78 is 1.96. The third-order valence-electron chi connectivity index (χ3n) is 4.14. The van der Waals surface area contributed by atoms with Crippen molar-refractivity contribution in [3.63, 3.8) is 0 Å². The molecule has 1 atom stereocenters. The third kappa shape index (κ3) is 4.30. The van der Waals surface area contributed by atoms with Gasteiger partial charge in [0.25, 0.3) is 5.91 Å². The van der Waals surface area contributed by atoms with Crippen molar-refractivity contribution in [1.82, 2.24) is 29.8 Å². The topological polar surface area (TPSA) is 85.6 Å². The number of hydrogen-bond donors (Lipinski definition) is 1. The van der Waals surface area contributed by atoms with Crippen molar-refractivity contribution in [3.05, 3.63) is 61.2 Å². The number of rotatable bonds is 5. The smallest absolute Gasteiger partial charge is 0.254 e. The van der Waals surface area contributed by atoms with Crippen molar-refractivity contribution in [1.29, 1.82) is 0 Å². The molecule has 0 aliphatic rings. The van der Waals surface area contributed by atoms with Gasteiger partial charge < -0.3 is 9.88 Å². The van der Waals surface area contributed by atoms with E-state index >= 15 is 0 Å². The molecule has 1 amide bonds. The Bertz CT molecular complexity index is 838. The molecule has 0 aromatic carbocycles. The zero-order valence-electron chi connectivity index (χ0n) is 15.1. The normalized spacial score (nSPS) is 12.6. The van der Waals surface area contributed by atoms with E-state index in [4.69, 9.17) is 0 Å². The van der Waals surface area contributed by atoms with E-state index in [-0.39, 0.29) is 17.4 Å². The molecule has 0 saturated heterocycles. The first kappa shape index (κ1) is 17.7. The van der Waals surface area contributed by atoms with Gasteiger partial charge in [-0.05, 0) is 17.5 Å². The van der Waals surface area contributed by atoms with Crippen LogP contribution in [-0.4, -0.2) is 36.5 Å². The lowest BCUT2D eigenvalue weighted by molar-refractivity contribution is 0.0892. The van der Waals surface area contributed by atoms with Gasteiger partial charge in [-0.15, -0.1) is 0 Å². The summed E-state index contributed by atoms with van der Waals surface area (Å²) in [5.41, 5.74) is 1.13. The van der Waals surface area contributed by atoms with Crippen LogP contribution in [0.1, 0.15) is 31.1 Å². The molecular weight excluding hydrogens is 328 g/mol. The number of imidazole rings is 1. The van der Waals surface area contributed by atoms with Crippen molar-refractivity contribution in [2.24, 2.45) is 5.41 Å². The first-order chi connectivity index (χ1) is 12.4. The maximum absolute atomic E-state index is 12.6. The fraction of sp³-hybridized carbons (Fsp3) is 0.316. The number of carbonyl (C=O) groups excluding carboxylic acids is 1. The van der Waals surface area contributed by atoms with Crippen LogP contribution in [0.2, 0.25) is 0 Å². The Morgan fingerprint density at radius 2 is 1.92 bits per heavy atom. The molecule has 0 bridgehead atoms. The summed E-state index contributed by atoms with van der Waals surface area (Å²) in [7, 11) is 0. The molecule has 0 aliphatic carbocycles. The van der Waals surface area contributed by atoms with Gasteiger partial charge in [0.1, 0.15) is 0 Å². The van der Waals surface area contributed by atoms with Gasteiger partial charge in [-0.1, -0.05) is 20.8 Å². The first-order valence-corrected chi connectivity index (χ1v) is 8.42. The van der Waals surface area contributed by atoms with Crippen molar-refractivity contribution in [2.75, 3.05) is 0 Å². The fourth-order valence-electron chi connectivity index (χ4n) is 2.47. The molecule has 0 radical (unpaired) electrons. The summed E-state index contributed by atoms with van der Waals surface area (Å²) >= 11 is 0. The first-order valence-electron chi connectivity index (χ1n) is 8.42. The minimum absolute atomic E-state index is 0.0674. The number of pyridine rings is 1. The SMILES string of the molecule is CC(C)(C)[C@@H](Cn1ccnc1)NC(=O)c1cnc(-c2cccnc2)nc1. The number of carbonyl (C=O) groups is 1. The molecule has 0 spiro atoms. The predicted octanol–water partition coefficient (Wildman–Crippen LogP) is 2.58. The van der Waals surface area contributed by atoms with Gasteiger partial charge in [0.15, 0.2) is 5.82 Å². The molecule has 26 heavy (non-hydrogen) atoms. The van der Waals surface area contributed by atoms with Gasteiger partial charge in [-0.3, -0.25) is 9.78 Å². The van der Waals surface area contributed by atoms with Crippen LogP contribution < -0.4 is 5.32 Å². The number of nitrogens with zero attached hydrogens (tertiary/aromatic N) is 5. The Balaban J connectivity index is 1.73. The van der Waals surface area contributed by atoms with Crippen LogP contribution in [0.3, 0.4) is 0 Å². The largest absolute Gasteiger partial charge is 0.347 e. The zero-order chi connectivity index (χ0) is 18.6. The summed E-state index contributed by atoms with van der Waals surface area (Å²) in [6.45, 7) is 6.93. The highest BCUT2D eigenvalue weighted by atomic mass is 16.1. The lowest BCUT2D eigenvalue weighted by Crippen LogP contribution is -2.46. The lowest BCUT2D eigenvalue weighted by atomic mass is 9.86. The number of nitrogens with one attached hydrogen (secondary N) is 1. The lowest BCUT2D eigenvalue weighted by Gasteiger charge is -2.31. The average Bonchev–Trinajstić information content (AvgIpc) is 3.14. The molecule has 3 heterocycles. The summed E-state index contributed by atoms with van der Waals surface area (Å²) in [6.07, 6.45) is 11.8. The van der Waals surface area contributed by atoms with E-state index in [9.17, 15) is 4.79 Å². The molecule has 3 aromatic rings. The van der Waals surface area contributed by atoms with Crippen molar-refractivity contribution < 1.29 is 4.79 Å². The molecular formula is C19H22N6O. The highest BCUT2D eigenvalue weighted by Crippen LogP contribution is 2.21. The summed E-state index contributed by atoms with van der Waals surface area (Å²) in [6, 6.07) is 3.63. The maximum Gasteiger partial charge on any atom is 0.254 e. The van der Waals surface area contributed by atoms with Gasteiger partial charge in [-0.2, -0.15) is 0 Å². The Hall–Kier alpha value is -3.09. The van der Waals surface area contributed by atoms with Crippen LogP contribution in [0.25, 0.3) is 11.4 Å². The van der Waals surface area contributed by atoms with E-state index in [0.29, 0.717) is 17.9 Å². The Morgan fingerprint density at radius 3 is 2.50 bits per heavy atom. The summed E-state index contributed by atoms with van der Waals surface area (Å²) in [5.74, 6) is 0.350. The van der Waals surface area contributed by atoms with Gasteiger partial charge in [0.2, 0.25) is 0 Å². The van der Waals surface area contributed by atoms with E-state index in [2.05, 4.69) is 46.0 Å². The minimum Gasteiger partial charge on any atom is -0.347 e. The third-order valence-corrected chi connectivity index (χ3v) is 4.14. The van der Waals surface area contributed by atoms with Gasteiger partial charge >= 0.3 is 0 Å². The summed E-state index contributed by atoms with van der Waals surface area (Å²) in [4.78, 5) is 29.3. The molecule has 7 heteroatoms. The second-order valence-corrected chi connectivity index (χ2v) is 7.19. The van der Waals surface area contributed by atoms with E-state index in [1.54, 1.807) is 37.3 Å². The molecule has 3 rings (SSSR count). The van der Waals surface area contributed by atoms with Crippen LogP contribution in [0.15, 0.2) is 55.6 Å². The predicted molar refractivity (Wildman–Crippen MR) is 98.2 cm³/mol. The van der Waals surface area contributed by atoms with E-state index < -0.39 is 0 Å².